The molecule has 2 aromatic carbocycles. The van der Waals surface area contributed by atoms with Gasteiger partial charge in [-0.1, -0.05) is 6.08 Å². The molecule has 0 N–H and O–H groups in total. The highest BCUT2D eigenvalue weighted by molar-refractivity contribution is 5.94. The monoisotopic (exact) mass is 461 g/mol. The van der Waals surface area contributed by atoms with Crippen LogP contribution in [0.5, 0.6) is 11.5 Å². The van der Waals surface area contributed by atoms with E-state index in [0.29, 0.717) is 28.3 Å². The summed E-state index contributed by atoms with van der Waals surface area (Å²) in [6.45, 7) is 6.77. The van der Waals surface area contributed by atoms with Gasteiger partial charge in [0.25, 0.3) is 0 Å². The smallest absolute Gasteiger partial charge is 0.352 e. The number of fused-ring (bicyclic) bond motifs is 5. The van der Waals surface area contributed by atoms with Gasteiger partial charge in [0, 0.05) is 24.1 Å². The Morgan fingerprint density at radius 1 is 1.03 bits per heavy atom. The summed E-state index contributed by atoms with van der Waals surface area (Å²) < 4.78 is 15.4. The van der Waals surface area contributed by atoms with Gasteiger partial charge in [0.15, 0.2) is 5.78 Å². The van der Waals surface area contributed by atoms with Crippen molar-refractivity contribution in [3.05, 3.63) is 86.2 Å². The molecule has 9 nitrogen and oxygen atoms in total. The highest BCUT2D eigenvalue weighted by atomic mass is 16.5. The average molecular weight is 461 g/mol. The first kappa shape index (κ1) is 21.7. The van der Waals surface area contributed by atoms with Gasteiger partial charge in [-0.05, 0) is 62.7 Å². The molecule has 9 heteroatoms. The van der Waals surface area contributed by atoms with Crippen LogP contribution in [0.1, 0.15) is 49.7 Å². The van der Waals surface area contributed by atoms with Crippen molar-refractivity contribution < 1.29 is 19.1 Å². The van der Waals surface area contributed by atoms with Crippen LogP contribution in [-0.2, 0) is 11.3 Å². The quantitative estimate of drug-likeness (QED) is 0.257. The van der Waals surface area contributed by atoms with Gasteiger partial charge in [0.05, 0.1) is 12.2 Å². The standard InChI is InChI=1S/C25H23N3O6/c1-14(29)16-5-7-17(8-6-16)27-23(31)26-12-11-20-22(28(26)24(27)32)19-10-9-18(33-15(2)30)13-21(19)34-25(20,3)4/h5-11,13,22H,12H2,1-4H3. The van der Waals surface area contributed by atoms with E-state index in [4.69, 9.17) is 9.47 Å². The molecular formula is C25H23N3O6. The van der Waals surface area contributed by atoms with E-state index in [2.05, 4.69) is 0 Å². The van der Waals surface area contributed by atoms with Gasteiger partial charge >= 0.3 is 17.3 Å². The molecule has 0 amide bonds. The maximum absolute atomic E-state index is 13.6. The zero-order valence-electron chi connectivity index (χ0n) is 19.2. The lowest BCUT2D eigenvalue weighted by atomic mass is 9.83. The lowest BCUT2D eigenvalue weighted by Crippen LogP contribution is -2.46. The number of carbonyl (C=O) groups excluding carboxylic acids is 2. The zero-order chi connectivity index (χ0) is 24.4. The molecule has 1 unspecified atom stereocenters. The molecule has 3 aromatic rings. The van der Waals surface area contributed by atoms with E-state index in [1.807, 2.05) is 19.9 Å². The Hall–Kier alpha value is -4.14. The van der Waals surface area contributed by atoms with Crippen molar-refractivity contribution in [3.63, 3.8) is 0 Å². The molecule has 0 saturated heterocycles. The molecule has 5 rings (SSSR count). The number of carbonyl (C=O) groups is 2. The summed E-state index contributed by atoms with van der Waals surface area (Å²) in [7, 11) is 0. The van der Waals surface area contributed by atoms with Gasteiger partial charge in [-0.25, -0.2) is 23.5 Å². The van der Waals surface area contributed by atoms with Crippen molar-refractivity contribution in [1.29, 1.82) is 0 Å². The van der Waals surface area contributed by atoms with E-state index in [1.54, 1.807) is 42.5 Å². The Morgan fingerprint density at radius 2 is 1.74 bits per heavy atom. The molecule has 0 spiro atoms. The minimum Gasteiger partial charge on any atom is -0.483 e. The van der Waals surface area contributed by atoms with E-state index in [0.717, 1.165) is 10.1 Å². The molecule has 1 aromatic heterocycles. The molecule has 174 valence electrons. The first-order valence-corrected chi connectivity index (χ1v) is 10.9. The third kappa shape index (κ3) is 3.23. The van der Waals surface area contributed by atoms with Crippen LogP contribution in [0.25, 0.3) is 5.69 Å². The van der Waals surface area contributed by atoms with Crippen molar-refractivity contribution >= 4 is 11.8 Å². The van der Waals surface area contributed by atoms with Crippen LogP contribution in [-0.4, -0.2) is 31.3 Å². The number of nitrogens with zero attached hydrogens (tertiary/aromatic N) is 3. The van der Waals surface area contributed by atoms with Crippen LogP contribution in [0.2, 0.25) is 0 Å². The number of ether oxygens (including phenoxy) is 2. The van der Waals surface area contributed by atoms with E-state index in [-0.39, 0.29) is 12.3 Å². The van der Waals surface area contributed by atoms with Crippen molar-refractivity contribution in [3.8, 4) is 17.2 Å². The summed E-state index contributed by atoms with van der Waals surface area (Å²) in [6.07, 6.45) is 1.91. The third-order valence-electron chi connectivity index (χ3n) is 6.22. The van der Waals surface area contributed by atoms with Crippen LogP contribution < -0.4 is 20.9 Å². The third-order valence-corrected chi connectivity index (χ3v) is 6.22. The predicted octanol–water partition coefficient (Wildman–Crippen LogP) is 2.63. The number of hydrogen-bond acceptors (Lipinski definition) is 6. The lowest BCUT2D eigenvalue weighted by Gasteiger charge is -2.42. The first-order chi connectivity index (χ1) is 16.1. The number of allylic oxidation sites excluding steroid dienone is 1. The minimum atomic E-state index is -0.765. The Bertz CT molecular complexity index is 1500. The Kier molecular flexibility index (Phi) is 4.75. The molecule has 34 heavy (non-hydrogen) atoms. The fraction of sp³-hybridized carbons (Fsp3) is 0.280. The second kappa shape index (κ2) is 7.44. The molecule has 0 fully saturated rings. The van der Waals surface area contributed by atoms with E-state index in [1.165, 1.54) is 23.2 Å². The SMILES string of the molecule is CC(=O)Oc1ccc2c(c1)OC(C)(C)C1=CCn3c(=O)n(-c4ccc(C(C)=O)cc4)c(=O)n3C12. The molecule has 2 aliphatic heterocycles. The highest BCUT2D eigenvalue weighted by Crippen LogP contribution is 2.47. The number of hydrogen-bond donors (Lipinski definition) is 0. The topological polar surface area (TPSA) is 102 Å². The maximum atomic E-state index is 13.6. The van der Waals surface area contributed by atoms with Crippen molar-refractivity contribution in [2.24, 2.45) is 0 Å². The molecule has 0 radical (unpaired) electrons. The van der Waals surface area contributed by atoms with Gasteiger partial charge in [-0.2, -0.15) is 0 Å². The Morgan fingerprint density at radius 3 is 2.38 bits per heavy atom. The van der Waals surface area contributed by atoms with Crippen molar-refractivity contribution in [1.82, 2.24) is 13.9 Å². The summed E-state index contributed by atoms with van der Waals surface area (Å²) >= 11 is 0. The van der Waals surface area contributed by atoms with Gasteiger partial charge in [-0.3, -0.25) is 9.59 Å². The van der Waals surface area contributed by atoms with Crippen LogP contribution in [0, 0.1) is 0 Å². The molecule has 3 heterocycles. The number of aromatic nitrogens is 3. The molecule has 0 saturated carbocycles. The molecule has 2 aliphatic rings. The van der Waals surface area contributed by atoms with Crippen LogP contribution in [0.3, 0.4) is 0 Å². The lowest BCUT2D eigenvalue weighted by molar-refractivity contribution is -0.131. The average Bonchev–Trinajstić information content (AvgIpc) is 3.03. The Labute approximate surface area is 194 Å². The van der Waals surface area contributed by atoms with Gasteiger partial charge in [0.1, 0.15) is 23.1 Å². The number of benzene rings is 2. The number of esters is 1. The number of Topliss-reactive ketones (excluding diaryl/α,β-unsaturated/α-hetero) is 1. The molecular weight excluding hydrogens is 438 g/mol. The van der Waals surface area contributed by atoms with E-state index >= 15 is 0 Å². The summed E-state index contributed by atoms with van der Waals surface area (Å²) in [5.74, 6) is 0.247. The first-order valence-electron chi connectivity index (χ1n) is 10.9. The van der Waals surface area contributed by atoms with Crippen molar-refractivity contribution in [2.45, 2.75) is 45.9 Å². The zero-order valence-corrected chi connectivity index (χ0v) is 19.2. The van der Waals surface area contributed by atoms with Gasteiger partial charge in [-0.15, -0.1) is 0 Å². The minimum absolute atomic E-state index is 0.102. The molecule has 1 atom stereocenters. The largest absolute Gasteiger partial charge is 0.483 e. The fourth-order valence-corrected chi connectivity index (χ4v) is 4.67. The fourth-order valence-electron chi connectivity index (χ4n) is 4.67. The normalized spacial score (nSPS) is 17.5. The van der Waals surface area contributed by atoms with Crippen LogP contribution in [0.4, 0.5) is 0 Å². The van der Waals surface area contributed by atoms with Crippen LogP contribution in [0.15, 0.2) is 63.7 Å². The highest BCUT2D eigenvalue weighted by Gasteiger charge is 2.44. The second-order valence-corrected chi connectivity index (χ2v) is 8.90. The van der Waals surface area contributed by atoms with Crippen LogP contribution >= 0.6 is 0 Å². The summed E-state index contributed by atoms with van der Waals surface area (Å²) in [4.78, 5) is 50.0. The number of ketones is 1. The van der Waals surface area contributed by atoms with Gasteiger partial charge in [0.2, 0.25) is 0 Å². The van der Waals surface area contributed by atoms with Gasteiger partial charge < -0.3 is 9.47 Å². The maximum Gasteiger partial charge on any atom is 0.352 e. The summed E-state index contributed by atoms with van der Waals surface area (Å²) in [5, 5.41) is 0. The van der Waals surface area contributed by atoms with E-state index < -0.39 is 29.0 Å². The summed E-state index contributed by atoms with van der Waals surface area (Å²) in [5.41, 5.74) is 0.675. The Balaban J connectivity index is 1.69. The van der Waals surface area contributed by atoms with Crippen molar-refractivity contribution in [2.75, 3.05) is 0 Å². The molecule has 0 bridgehead atoms. The predicted molar refractivity (Wildman–Crippen MR) is 123 cm³/mol. The second-order valence-electron chi connectivity index (χ2n) is 8.90. The summed E-state index contributed by atoms with van der Waals surface area (Å²) in [6, 6.07) is 10.8. The molecule has 0 aliphatic carbocycles. The van der Waals surface area contributed by atoms with E-state index in [9.17, 15) is 19.2 Å². The number of rotatable bonds is 3.